The summed E-state index contributed by atoms with van der Waals surface area (Å²) in [5.41, 5.74) is 2.54. The zero-order valence-corrected chi connectivity index (χ0v) is 18.9. The van der Waals surface area contributed by atoms with Crippen LogP contribution in [-0.4, -0.2) is 22.6 Å². The standard InChI is InChI=1S/C22H28NO3.Y/c1-4-5-6-7-9-16-10-8-11-20(25)22(16)18-12-15(2)17(21(26)14-24)13-19(18)23-3;/h6-7,12-13,16,21-22,24,26H,1,4-5,8-11,14H2,2H3;/q-1;/b7-6-;. The zero-order chi connectivity index (χ0) is 19.1. The molecular formula is C22H28NO3Y-. The maximum absolute atomic E-state index is 12.7. The van der Waals surface area contributed by atoms with Gasteiger partial charge in [0.25, 0.3) is 0 Å². The van der Waals surface area contributed by atoms with Crippen LogP contribution in [0, 0.1) is 26.3 Å². The molecule has 0 aliphatic heterocycles. The van der Waals surface area contributed by atoms with E-state index in [-0.39, 0.29) is 56.9 Å². The fourth-order valence-corrected chi connectivity index (χ4v) is 3.85. The Labute approximate surface area is 187 Å². The van der Waals surface area contributed by atoms with E-state index in [4.69, 9.17) is 6.57 Å². The van der Waals surface area contributed by atoms with Crippen LogP contribution in [0.25, 0.3) is 4.85 Å². The van der Waals surface area contributed by atoms with Crippen molar-refractivity contribution in [2.75, 3.05) is 6.61 Å². The van der Waals surface area contributed by atoms with Gasteiger partial charge >= 0.3 is 0 Å². The minimum absolute atomic E-state index is 0. The number of carbonyl (C=O) groups excluding carboxylic acids is 1. The summed E-state index contributed by atoms with van der Waals surface area (Å²) in [6, 6.07) is 3.50. The number of aliphatic hydroxyl groups is 2. The number of aliphatic hydroxyl groups excluding tert-OH is 2. The number of aryl methyl sites for hydroxylation is 1. The van der Waals surface area contributed by atoms with Crippen LogP contribution in [0.2, 0.25) is 0 Å². The van der Waals surface area contributed by atoms with Crippen molar-refractivity contribution in [3.05, 3.63) is 59.3 Å². The predicted octanol–water partition coefficient (Wildman–Crippen LogP) is 4.58. The molecule has 3 atom stereocenters. The smallest absolute Gasteiger partial charge is 0.191 e. The van der Waals surface area contributed by atoms with Gasteiger partial charge in [-0.25, -0.2) is 4.85 Å². The van der Waals surface area contributed by atoms with Gasteiger partial charge in [0.15, 0.2) is 5.69 Å². The van der Waals surface area contributed by atoms with Gasteiger partial charge in [-0.3, -0.25) is 4.79 Å². The van der Waals surface area contributed by atoms with E-state index in [2.05, 4.69) is 23.9 Å². The van der Waals surface area contributed by atoms with Gasteiger partial charge in [-0.05, 0) is 48.8 Å². The molecule has 0 aromatic heterocycles. The third-order valence-corrected chi connectivity index (χ3v) is 5.20. The molecule has 5 heteroatoms. The summed E-state index contributed by atoms with van der Waals surface area (Å²) in [7, 11) is 0. The predicted molar refractivity (Wildman–Crippen MR) is 103 cm³/mol. The van der Waals surface area contributed by atoms with Crippen LogP contribution >= 0.6 is 0 Å². The zero-order valence-electron chi connectivity index (χ0n) is 16.0. The minimum Gasteiger partial charge on any atom is -0.393 e. The van der Waals surface area contributed by atoms with E-state index in [0.29, 0.717) is 17.7 Å². The van der Waals surface area contributed by atoms with Crippen LogP contribution in [0.1, 0.15) is 67.2 Å². The van der Waals surface area contributed by atoms with Gasteiger partial charge in [-0.2, -0.15) is 6.42 Å². The summed E-state index contributed by atoms with van der Waals surface area (Å²) in [5, 5.41) is 19.2. The van der Waals surface area contributed by atoms with Crippen LogP contribution < -0.4 is 0 Å². The van der Waals surface area contributed by atoms with Gasteiger partial charge in [0, 0.05) is 45.0 Å². The van der Waals surface area contributed by atoms with Crippen LogP contribution in [0.15, 0.2) is 24.3 Å². The van der Waals surface area contributed by atoms with E-state index in [1.165, 1.54) is 0 Å². The van der Waals surface area contributed by atoms with Gasteiger partial charge in [0.05, 0.1) is 13.2 Å². The molecule has 0 bridgehead atoms. The van der Waals surface area contributed by atoms with E-state index in [1.807, 2.05) is 13.0 Å². The molecule has 1 fully saturated rings. The second-order valence-corrected chi connectivity index (χ2v) is 7.02. The van der Waals surface area contributed by atoms with E-state index < -0.39 is 6.10 Å². The molecule has 4 nitrogen and oxygen atoms in total. The number of carbonyl (C=O) groups is 1. The molecule has 1 radical (unpaired) electrons. The number of Topliss-reactive ketones (excluding diaryl/α,β-unsaturated/α-hetero) is 1. The van der Waals surface area contributed by atoms with E-state index >= 15 is 0 Å². The first kappa shape index (κ1) is 24.2. The first-order valence-electron chi connectivity index (χ1n) is 9.31. The molecule has 2 N–H and O–H groups in total. The normalized spacial score (nSPS) is 20.9. The average Bonchev–Trinajstić information content (AvgIpc) is 2.64. The summed E-state index contributed by atoms with van der Waals surface area (Å²) in [5.74, 6) is 0.133. The van der Waals surface area contributed by atoms with Crippen molar-refractivity contribution >= 4 is 11.5 Å². The Bertz CT molecular complexity index is 708. The van der Waals surface area contributed by atoms with Crippen molar-refractivity contribution in [1.82, 2.24) is 0 Å². The Morgan fingerprint density at radius 1 is 1.41 bits per heavy atom. The van der Waals surface area contributed by atoms with E-state index in [0.717, 1.165) is 43.2 Å². The molecule has 3 unspecified atom stereocenters. The van der Waals surface area contributed by atoms with Crippen molar-refractivity contribution < 1.29 is 47.7 Å². The van der Waals surface area contributed by atoms with Crippen molar-refractivity contribution in [1.29, 1.82) is 0 Å². The number of ketones is 1. The molecule has 1 saturated carbocycles. The van der Waals surface area contributed by atoms with Crippen molar-refractivity contribution in [3.63, 3.8) is 0 Å². The maximum atomic E-state index is 12.7. The Morgan fingerprint density at radius 2 is 2.15 bits per heavy atom. The van der Waals surface area contributed by atoms with Gasteiger partial charge in [0.2, 0.25) is 0 Å². The van der Waals surface area contributed by atoms with Gasteiger partial charge < -0.3 is 17.1 Å². The quantitative estimate of drug-likeness (QED) is 0.479. The van der Waals surface area contributed by atoms with E-state index in [9.17, 15) is 15.0 Å². The SMILES string of the molecule is [C-]#[N+]c1cc(C(O)CO)c(C)cc1C1C(=O)CCCC1C/C=C\CC[CH2-].[Y]. The monoisotopic (exact) mass is 443 g/mol. The van der Waals surface area contributed by atoms with Crippen LogP contribution in [0.5, 0.6) is 0 Å². The molecule has 1 aromatic carbocycles. The third-order valence-electron chi connectivity index (χ3n) is 5.20. The molecule has 1 aromatic rings. The summed E-state index contributed by atoms with van der Waals surface area (Å²) < 4.78 is 0. The number of benzene rings is 1. The number of nitrogens with zero attached hydrogens (tertiary/aromatic N) is 1. The third kappa shape index (κ3) is 6.06. The minimum atomic E-state index is -1.01. The first-order chi connectivity index (χ1) is 12.5. The van der Waals surface area contributed by atoms with Crippen molar-refractivity contribution in [3.8, 4) is 0 Å². The van der Waals surface area contributed by atoms with E-state index in [1.54, 1.807) is 6.07 Å². The summed E-state index contributed by atoms with van der Waals surface area (Å²) in [4.78, 5) is 16.3. The molecule has 1 aliphatic rings. The van der Waals surface area contributed by atoms with Crippen LogP contribution in [0.4, 0.5) is 5.69 Å². The summed E-state index contributed by atoms with van der Waals surface area (Å²) in [6.07, 6.45) is 8.30. The second kappa shape index (κ2) is 11.9. The Hall–Kier alpha value is -0.856. The molecular weight excluding hydrogens is 415 g/mol. The molecule has 143 valence electrons. The summed E-state index contributed by atoms with van der Waals surface area (Å²) in [6.45, 7) is 12.8. The summed E-state index contributed by atoms with van der Waals surface area (Å²) >= 11 is 0. The average molecular weight is 443 g/mol. The fraction of sp³-hybridized carbons (Fsp3) is 0.500. The van der Waals surface area contributed by atoms with Crippen molar-refractivity contribution in [2.45, 2.75) is 57.5 Å². The molecule has 0 amide bonds. The first-order valence-corrected chi connectivity index (χ1v) is 9.31. The van der Waals surface area contributed by atoms with Crippen molar-refractivity contribution in [2.24, 2.45) is 5.92 Å². The van der Waals surface area contributed by atoms with Gasteiger partial charge in [-0.1, -0.05) is 30.7 Å². The molecule has 0 heterocycles. The van der Waals surface area contributed by atoms with Crippen LogP contribution in [-0.2, 0) is 37.5 Å². The molecule has 0 saturated heterocycles. The largest absolute Gasteiger partial charge is 0.393 e. The topological polar surface area (TPSA) is 61.9 Å². The Morgan fingerprint density at radius 3 is 2.78 bits per heavy atom. The Balaban J connectivity index is 0.00000364. The Kier molecular flexibility index (Phi) is 10.6. The number of unbranched alkanes of at least 4 members (excludes halogenated alkanes) is 1. The number of hydrogen-bond acceptors (Lipinski definition) is 3. The molecule has 2 rings (SSSR count). The number of allylic oxidation sites excluding steroid dienone is 2. The number of hydrogen-bond donors (Lipinski definition) is 2. The molecule has 27 heavy (non-hydrogen) atoms. The van der Waals surface area contributed by atoms with Gasteiger partial charge in [-0.15, -0.1) is 0 Å². The number of rotatable bonds is 7. The second-order valence-electron chi connectivity index (χ2n) is 7.02. The van der Waals surface area contributed by atoms with Crippen LogP contribution in [0.3, 0.4) is 0 Å². The fourth-order valence-electron chi connectivity index (χ4n) is 3.85. The maximum Gasteiger partial charge on any atom is 0.191 e. The molecule has 0 spiro atoms. The van der Waals surface area contributed by atoms with Gasteiger partial charge in [0.1, 0.15) is 11.9 Å². The molecule has 1 aliphatic carbocycles.